The molecule has 1 aliphatic heterocycles. The fraction of sp³-hybridized carbons (Fsp3) is 0.333. The van der Waals surface area contributed by atoms with Crippen LogP contribution in [-0.4, -0.2) is 24.0 Å². The third-order valence-corrected chi connectivity index (χ3v) is 4.64. The van der Waals surface area contributed by atoms with Crippen molar-refractivity contribution >= 4 is 33.9 Å². The number of hydrogen-bond acceptors (Lipinski definition) is 5. The van der Waals surface area contributed by atoms with Crippen LogP contribution >= 0.6 is 11.3 Å². The van der Waals surface area contributed by atoms with Gasteiger partial charge in [-0.3, -0.25) is 4.79 Å². The zero-order valence-electron chi connectivity index (χ0n) is 11.7. The maximum atomic E-state index is 12.3. The number of benzene rings is 1. The van der Waals surface area contributed by atoms with Crippen LogP contribution in [0.4, 0.5) is 16.6 Å². The molecule has 0 spiro atoms. The van der Waals surface area contributed by atoms with Gasteiger partial charge in [-0.2, -0.15) is 0 Å². The van der Waals surface area contributed by atoms with Crippen molar-refractivity contribution in [2.75, 3.05) is 29.0 Å². The highest BCUT2D eigenvalue weighted by Crippen LogP contribution is 2.30. The number of nitrogens with zero attached hydrogens (tertiary/aromatic N) is 2. The lowest BCUT2D eigenvalue weighted by Crippen LogP contribution is -2.29. The number of aromatic nitrogens is 1. The first-order valence-electron chi connectivity index (χ1n) is 7.12. The second-order valence-corrected chi connectivity index (χ2v) is 6.06. The van der Waals surface area contributed by atoms with Crippen LogP contribution in [0.5, 0.6) is 0 Å². The van der Waals surface area contributed by atoms with Crippen LogP contribution < -0.4 is 16.0 Å². The average Bonchev–Trinajstić information content (AvgIpc) is 2.91. The molecule has 1 aliphatic rings. The van der Waals surface area contributed by atoms with Gasteiger partial charge >= 0.3 is 0 Å². The molecule has 0 atom stereocenters. The minimum atomic E-state index is -0.195. The number of nitrogens with one attached hydrogen (secondary N) is 1. The molecule has 2 heterocycles. The lowest BCUT2D eigenvalue weighted by Gasteiger charge is -2.25. The largest absolute Gasteiger partial charge is 0.382 e. The first-order chi connectivity index (χ1) is 10.2. The first-order valence-corrected chi connectivity index (χ1v) is 7.93. The zero-order chi connectivity index (χ0) is 14.7. The maximum Gasteiger partial charge on any atom is 0.269 e. The van der Waals surface area contributed by atoms with E-state index in [9.17, 15) is 4.79 Å². The number of amides is 1. The molecule has 3 rings (SSSR count). The fourth-order valence-electron chi connectivity index (χ4n) is 2.41. The highest BCUT2D eigenvalue weighted by Gasteiger charge is 2.20. The summed E-state index contributed by atoms with van der Waals surface area (Å²) in [6.07, 6.45) is 3.61. The minimum Gasteiger partial charge on any atom is -0.382 e. The summed E-state index contributed by atoms with van der Waals surface area (Å²) in [7, 11) is 0. The van der Waals surface area contributed by atoms with E-state index in [-0.39, 0.29) is 5.91 Å². The molecule has 0 aliphatic carbocycles. The Morgan fingerprint density at radius 1 is 1.19 bits per heavy atom. The number of nitrogen functional groups attached to an aromatic ring is 1. The molecule has 0 saturated carbocycles. The van der Waals surface area contributed by atoms with Gasteiger partial charge in [0.05, 0.1) is 0 Å². The topological polar surface area (TPSA) is 71.2 Å². The number of thiazole rings is 1. The monoisotopic (exact) mass is 302 g/mol. The highest BCUT2D eigenvalue weighted by molar-refractivity contribution is 7.18. The van der Waals surface area contributed by atoms with Gasteiger partial charge in [0.15, 0.2) is 5.13 Å². The molecule has 1 fully saturated rings. The lowest BCUT2D eigenvalue weighted by atomic mass is 10.1. The Bertz CT molecular complexity index is 620. The van der Waals surface area contributed by atoms with Crippen LogP contribution in [-0.2, 0) is 0 Å². The summed E-state index contributed by atoms with van der Waals surface area (Å²) in [6.45, 7) is 1.99. The summed E-state index contributed by atoms with van der Waals surface area (Å²) >= 11 is 1.37. The molecule has 110 valence electrons. The summed E-state index contributed by atoms with van der Waals surface area (Å²) in [5, 5.41) is 3.70. The third kappa shape index (κ3) is 3.16. The first kappa shape index (κ1) is 13.9. The molecule has 0 unspecified atom stereocenters. The SMILES string of the molecule is Nc1nc(N2CCCCC2)sc1C(=O)Nc1ccccc1. The predicted molar refractivity (Wildman–Crippen MR) is 87.0 cm³/mol. The summed E-state index contributed by atoms with van der Waals surface area (Å²) < 4.78 is 0. The maximum absolute atomic E-state index is 12.3. The number of anilines is 3. The summed E-state index contributed by atoms with van der Waals surface area (Å²) in [6, 6.07) is 9.36. The van der Waals surface area contributed by atoms with E-state index in [2.05, 4.69) is 15.2 Å². The van der Waals surface area contributed by atoms with Crippen molar-refractivity contribution in [1.82, 2.24) is 4.98 Å². The summed E-state index contributed by atoms with van der Waals surface area (Å²) in [5.74, 6) is 0.119. The molecule has 1 aromatic heterocycles. The van der Waals surface area contributed by atoms with Crippen LogP contribution in [0.25, 0.3) is 0 Å². The second kappa shape index (κ2) is 6.13. The zero-order valence-corrected chi connectivity index (χ0v) is 12.5. The Balaban J connectivity index is 1.75. The average molecular weight is 302 g/mol. The molecule has 1 aromatic carbocycles. The van der Waals surface area contributed by atoms with Crippen LogP contribution in [0.15, 0.2) is 30.3 Å². The smallest absolute Gasteiger partial charge is 0.269 e. The molecule has 0 bridgehead atoms. The second-order valence-electron chi connectivity index (χ2n) is 5.08. The van der Waals surface area contributed by atoms with Crippen LogP contribution in [0, 0.1) is 0 Å². The number of piperidine rings is 1. The Morgan fingerprint density at radius 3 is 2.62 bits per heavy atom. The summed E-state index contributed by atoms with van der Waals surface area (Å²) in [5.41, 5.74) is 6.67. The summed E-state index contributed by atoms with van der Waals surface area (Å²) in [4.78, 5) is 19.3. The Labute approximate surface area is 127 Å². The molecule has 2 aromatic rings. The Morgan fingerprint density at radius 2 is 1.90 bits per heavy atom. The van der Waals surface area contributed by atoms with E-state index in [1.807, 2.05) is 30.3 Å². The molecule has 21 heavy (non-hydrogen) atoms. The number of carbonyl (C=O) groups excluding carboxylic acids is 1. The van der Waals surface area contributed by atoms with Crippen molar-refractivity contribution in [3.63, 3.8) is 0 Å². The van der Waals surface area contributed by atoms with Crippen LogP contribution in [0.3, 0.4) is 0 Å². The van der Waals surface area contributed by atoms with Gasteiger partial charge in [-0.15, -0.1) is 0 Å². The van der Waals surface area contributed by atoms with Gasteiger partial charge in [0.25, 0.3) is 5.91 Å². The molecule has 0 radical (unpaired) electrons. The highest BCUT2D eigenvalue weighted by atomic mass is 32.1. The van der Waals surface area contributed by atoms with E-state index in [0.29, 0.717) is 10.7 Å². The molecule has 1 saturated heterocycles. The van der Waals surface area contributed by atoms with Gasteiger partial charge in [-0.1, -0.05) is 29.5 Å². The van der Waals surface area contributed by atoms with Gasteiger partial charge in [0.2, 0.25) is 0 Å². The number of carbonyl (C=O) groups is 1. The van der Waals surface area contributed by atoms with Gasteiger partial charge in [-0.25, -0.2) is 4.98 Å². The van der Waals surface area contributed by atoms with Gasteiger partial charge in [-0.05, 0) is 31.4 Å². The normalized spacial score (nSPS) is 15.0. The molecular formula is C15H18N4OS. The number of para-hydroxylation sites is 1. The standard InChI is InChI=1S/C15H18N4OS/c16-13-12(14(20)17-11-7-3-1-4-8-11)21-15(18-13)19-9-5-2-6-10-19/h1,3-4,7-8H,2,5-6,9-10,16H2,(H,17,20). The molecule has 6 heteroatoms. The van der Waals surface area contributed by atoms with Gasteiger partial charge < -0.3 is 16.0 Å². The van der Waals surface area contributed by atoms with Crippen molar-refractivity contribution in [2.45, 2.75) is 19.3 Å². The Kier molecular flexibility index (Phi) is 4.06. The molecule has 5 nitrogen and oxygen atoms in total. The third-order valence-electron chi connectivity index (χ3n) is 3.51. The van der Waals surface area contributed by atoms with E-state index in [0.717, 1.165) is 23.9 Å². The van der Waals surface area contributed by atoms with E-state index in [1.165, 1.54) is 30.6 Å². The van der Waals surface area contributed by atoms with Crippen molar-refractivity contribution in [2.24, 2.45) is 0 Å². The Hall–Kier alpha value is -2.08. The number of nitrogens with two attached hydrogens (primary N) is 1. The lowest BCUT2D eigenvalue weighted by molar-refractivity contribution is 0.103. The van der Waals surface area contributed by atoms with Crippen molar-refractivity contribution in [3.8, 4) is 0 Å². The minimum absolute atomic E-state index is 0.195. The van der Waals surface area contributed by atoms with E-state index in [1.54, 1.807) is 0 Å². The van der Waals surface area contributed by atoms with Crippen molar-refractivity contribution in [3.05, 3.63) is 35.2 Å². The molecule has 1 amide bonds. The number of rotatable bonds is 3. The van der Waals surface area contributed by atoms with Gasteiger partial charge in [0.1, 0.15) is 10.7 Å². The van der Waals surface area contributed by atoms with Crippen LogP contribution in [0.2, 0.25) is 0 Å². The number of hydrogen-bond donors (Lipinski definition) is 2. The fourth-order valence-corrected chi connectivity index (χ4v) is 3.34. The predicted octanol–water partition coefficient (Wildman–Crippen LogP) is 2.97. The van der Waals surface area contributed by atoms with E-state index in [4.69, 9.17) is 5.73 Å². The molecular weight excluding hydrogens is 284 g/mol. The van der Waals surface area contributed by atoms with E-state index < -0.39 is 0 Å². The van der Waals surface area contributed by atoms with Gasteiger partial charge in [0, 0.05) is 18.8 Å². The molecule has 3 N–H and O–H groups in total. The van der Waals surface area contributed by atoms with Crippen molar-refractivity contribution in [1.29, 1.82) is 0 Å². The van der Waals surface area contributed by atoms with Crippen molar-refractivity contribution < 1.29 is 4.79 Å². The quantitative estimate of drug-likeness (QED) is 0.914. The van der Waals surface area contributed by atoms with Crippen LogP contribution in [0.1, 0.15) is 28.9 Å². The van der Waals surface area contributed by atoms with E-state index >= 15 is 0 Å².